The molecule has 0 radical (unpaired) electrons. The Kier molecular flexibility index (Phi) is 9.90. The van der Waals surface area contributed by atoms with E-state index in [1.165, 1.54) is 33.5 Å². The minimum absolute atomic E-state index is 0.130. The Balaban J connectivity index is 1.53. The van der Waals surface area contributed by atoms with E-state index in [9.17, 15) is 9.59 Å². The van der Waals surface area contributed by atoms with Crippen LogP contribution in [0.25, 0.3) is 33.4 Å². The maximum atomic E-state index is 13.1. The zero-order valence-corrected chi connectivity index (χ0v) is 26.5. The van der Waals surface area contributed by atoms with Crippen LogP contribution >= 0.6 is 11.3 Å². The molecule has 0 saturated carbocycles. The summed E-state index contributed by atoms with van der Waals surface area (Å²) in [5.74, 6) is 0.327. The number of carbonyl (C=O) groups is 2. The van der Waals surface area contributed by atoms with E-state index in [1.54, 1.807) is 12.1 Å². The Morgan fingerprint density at radius 2 is 2.05 bits per heavy atom. The van der Waals surface area contributed by atoms with Crippen LogP contribution in [0.3, 0.4) is 0 Å². The number of benzene rings is 1. The number of ether oxygens (including phenoxy) is 1. The lowest BCUT2D eigenvalue weighted by Crippen LogP contribution is -2.54. The van der Waals surface area contributed by atoms with Crippen molar-refractivity contribution in [3.63, 3.8) is 0 Å². The van der Waals surface area contributed by atoms with Crippen molar-refractivity contribution < 1.29 is 14.3 Å². The molecule has 0 spiro atoms. The largest absolute Gasteiger partial charge is 0.375 e. The number of thiazole rings is 1. The number of rotatable bonds is 12. The third kappa shape index (κ3) is 6.51. The van der Waals surface area contributed by atoms with Crippen LogP contribution in [0, 0.1) is 5.92 Å². The molecule has 4 aromatic rings. The highest BCUT2D eigenvalue weighted by atomic mass is 32.1. The van der Waals surface area contributed by atoms with Crippen LogP contribution in [0.4, 0.5) is 0 Å². The Morgan fingerprint density at radius 3 is 2.74 bits per heavy atom. The van der Waals surface area contributed by atoms with Crippen LogP contribution in [-0.4, -0.2) is 58.1 Å². The monoisotopic (exact) mass is 602 g/mol. The molecule has 10 heteroatoms. The first-order valence-corrected chi connectivity index (χ1v) is 16.1. The van der Waals surface area contributed by atoms with Gasteiger partial charge in [0.15, 0.2) is 0 Å². The number of carbonyl (C=O) groups excluding carboxylic acids is 2. The number of methoxy groups -OCH3 is 1. The second-order valence-corrected chi connectivity index (χ2v) is 12.4. The van der Waals surface area contributed by atoms with Crippen LogP contribution < -0.4 is 10.7 Å². The SMILES string of the molecule is CCn1c(-c2cccnc2C(C)OC)c(CC(C)C)c2cc(-c3csc(CC(NC=O)C(=O)N4CCCCN4)n3)ccc21. The average molecular weight is 603 g/mol. The van der Waals surface area contributed by atoms with E-state index < -0.39 is 6.04 Å². The number of aryl methyl sites for hydroxylation is 1. The van der Waals surface area contributed by atoms with Gasteiger partial charge in [0, 0.05) is 66.8 Å². The van der Waals surface area contributed by atoms with E-state index in [4.69, 9.17) is 14.7 Å². The lowest BCUT2D eigenvalue weighted by Gasteiger charge is -2.30. The fourth-order valence-corrected chi connectivity index (χ4v) is 6.81. The first-order valence-electron chi connectivity index (χ1n) is 15.2. The van der Waals surface area contributed by atoms with Gasteiger partial charge in [0.05, 0.1) is 28.2 Å². The number of aromatic nitrogens is 3. The van der Waals surface area contributed by atoms with Crippen LogP contribution in [0.15, 0.2) is 41.9 Å². The van der Waals surface area contributed by atoms with Crippen LogP contribution in [0.5, 0.6) is 0 Å². The summed E-state index contributed by atoms with van der Waals surface area (Å²) in [6.07, 6.45) is 5.55. The predicted octanol–water partition coefficient (Wildman–Crippen LogP) is 5.54. The molecule has 3 aromatic heterocycles. The third-order valence-electron chi connectivity index (χ3n) is 8.10. The highest BCUT2D eigenvalue weighted by Gasteiger charge is 2.27. The fourth-order valence-electron chi connectivity index (χ4n) is 5.96. The van der Waals surface area contributed by atoms with Gasteiger partial charge in [0.1, 0.15) is 6.04 Å². The molecule has 1 aromatic carbocycles. The van der Waals surface area contributed by atoms with E-state index in [2.05, 4.69) is 60.3 Å². The molecular formula is C33H42N6O3S. The van der Waals surface area contributed by atoms with Crippen molar-refractivity contribution in [3.8, 4) is 22.5 Å². The number of hydrogen-bond acceptors (Lipinski definition) is 7. The average Bonchev–Trinajstić information content (AvgIpc) is 3.62. The minimum Gasteiger partial charge on any atom is -0.375 e. The molecule has 1 aliphatic rings. The van der Waals surface area contributed by atoms with E-state index in [0.29, 0.717) is 25.3 Å². The molecule has 1 saturated heterocycles. The van der Waals surface area contributed by atoms with Crippen molar-refractivity contribution in [2.75, 3.05) is 20.2 Å². The Bertz CT molecular complexity index is 1570. The summed E-state index contributed by atoms with van der Waals surface area (Å²) < 4.78 is 8.10. The zero-order chi connectivity index (χ0) is 30.5. The van der Waals surface area contributed by atoms with Gasteiger partial charge in [-0.15, -0.1) is 11.3 Å². The van der Waals surface area contributed by atoms with Crippen molar-refractivity contribution in [3.05, 3.63) is 58.2 Å². The molecule has 0 bridgehead atoms. The van der Waals surface area contributed by atoms with Gasteiger partial charge >= 0.3 is 0 Å². The molecule has 43 heavy (non-hydrogen) atoms. The van der Waals surface area contributed by atoms with Crippen LogP contribution in [-0.2, 0) is 33.7 Å². The van der Waals surface area contributed by atoms with E-state index >= 15 is 0 Å². The second-order valence-electron chi connectivity index (χ2n) is 11.5. The van der Waals surface area contributed by atoms with Crippen molar-refractivity contribution in [1.29, 1.82) is 0 Å². The topological polar surface area (TPSA) is 101 Å². The van der Waals surface area contributed by atoms with Crippen LogP contribution in [0.1, 0.15) is 62.9 Å². The molecule has 9 nitrogen and oxygen atoms in total. The third-order valence-corrected chi connectivity index (χ3v) is 8.97. The summed E-state index contributed by atoms with van der Waals surface area (Å²) in [6, 6.07) is 10.1. The van der Waals surface area contributed by atoms with Crippen molar-refractivity contribution >= 4 is 34.6 Å². The van der Waals surface area contributed by atoms with Crippen LogP contribution in [0.2, 0.25) is 0 Å². The second kappa shape index (κ2) is 13.8. The molecule has 4 heterocycles. The van der Waals surface area contributed by atoms with Gasteiger partial charge in [-0.25, -0.2) is 10.4 Å². The molecule has 228 valence electrons. The molecule has 2 atom stereocenters. The van der Waals surface area contributed by atoms with Gasteiger partial charge in [-0.05, 0) is 68.9 Å². The number of nitrogens with one attached hydrogen (secondary N) is 2. The number of pyridine rings is 1. The van der Waals surface area contributed by atoms with Crippen molar-refractivity contribution in [2.45, 2.75) is 72.1 Å². The number of nitrogens with zero attached hydrogens (tertiary/aromatic N) is 4. The van der Waals surface area contributed by atoms with Gasteiger partial charge in [-0.2, -0.15) is 0 Å². The summed E-state index contributed by atoms with van der Waals surface area (Å²) in [6.45, 7) is 11.0. The van der Waals surface area contributed by atoms with Gasteiger partial charge in [-0.3, -0.25) is 19.6 Å². The normalized spacial score (nSPS) is 15.2. The van der Waals surface area contributed by atoms with Gasteiger partial charge in [0.2, 0.25) is 6.41 Å². The Hall–Kier alpha value is -3.60. The first-order chi connectivity index (χ1) is 20.9. The number of hydrazine groups is 1. The van der Waals surface area contributed by atoms with E-state index in [-0.39, 0.29) is 12.0 Å². The minimum atomic E-state index is -0.661. The maximum Gasteiger partial charge on any atom is 0.259 e. The number of fused-ring (bicyclic) bond motifs is 1. The Morgan fingerprint density at radius 1 is 1.21 bits per heavy atom. The van der Waals surface area contributed by atoms with E-state index in [0.717, 1.165) is 59.9 Å². The quantitative estimate of drug-likeness (QED) is 0.207. The lowest BCUT2D eigenvalue weighted by molar-refractivity contribution is -0.138. The Labute approximate surface area is 257 Å². The summed E-state index contributed by atoms with van der Waals surface area (Å²) in [5.41, 5.74) is 10.8. The van der Waals surface area contributed by atoms with Gasteiger partial charge in [0.25, 0.3) is 5.91 Å². The van der Waals surface area contributed by atoms with Gasteiger partial charge in [-0.1, -0.05) is 19.9 Å². The lowest BCUT2D eigenvalue weighted by atomic mass is 9.94. The molecule has 5 rings (SSSR count). The molecule has 1 aliphatic heterocycles. The molecular weight excluding hydrogens is 560 g/mol. The van der Waals surface area contributed by atoms with Crippen molar-refractivity contribution in [1.82, 2.24) is 30.3 Å². The van der Waals surface area contributed by atoms with Crippen molar-refractivity contribution in [2.24, 2.45) is 5.92 Å². The molecule has 1 fully saturated rings. The highest BCUT2D eigenvalue weighted by molar-refractivity contribution is 7.10. The summed E-state index contributed by atoms with van der Waals surface area (Å²) in [5, 5.41) is 8.40. The summed E-state index contributed by atoms with van der Waals surface area (Å²) in [4.78, 5) is 34.1. The zero-order valence-electron chi connectivity index (χ0n) is 25.7. The first kappa shape index (κ1) is 30.8. The number of hydrogen-bond donors (Lipinski definition) is 2. The van der Waals surface area contributed by atoms with E-state index in [1.807, 2.05) is 24.6 Å². The summed E-state index contributed by atoms with van der Waals surface area (Å²) >= 11 is 1.51. The molecule has 2 N–H and O–H groups in total. The fraction of sp³-hybridized carbons (Fsp3) is 0.455. The standard InChI is InChI=1S/C33H42N6O3S/c1-6-38-29-12-11-23(28-19-43-30(37-28)18-27(35-20-40)33(41)39-15-8-7-14-36-39)17-25(29)26(16-21(2)3)32(38)24-10-9-13-34-31(24)22(4)42-5/h9-13,17,19-22,27,36H,6-8,14-16,18H2,1-5H3,(H,35,40). The van der Waals surface area contributed by atoms with Gasteiger partial charge < -0.3 is 14.6 Å². The smallest absolute Gasteiger partial charge is 0.259 e. The highest BCUT2D eigenvalue weighted by Crippen LogP contribution is 2.40. The molecule has 2 amide bonds. The maximum absolute atomic E-state index is 13.1. The molecule has 0 aliphatic carbocycles. The molecule has 2 unspecified atom stereocenters. The number of amides is 2. The summed E-state index contributed by atoms with van der Waals surface area (Å²) in [7, 11) is 1.72. The predicted molar refractivity (Wildman–Crippen MR) is 172 cm³/mol.